The van der Waals surface area contributed by atoms with E-state index in [1.54, 1.807) is 23.7 Å². The van der Waals surface area contributed by atoms with Crippen molar-refractivity contribution < 1.29 is 4.79 Å². The van der Waals surface area contributed by atoms with E-state index in [2.05, 4.69) is 40.8 Å². The molecule has 5 nitrogen and oxygen atoms in total. The van der Waals surface area contributed by atoms with Gasteiger partial charge >= 0.3 is 0 Å². The first kappa shape index (κ1) is 17.2. The second kappa shape index (κ2) is 7.49. The maximum absolute atomic E-state index is 12.5. The van der Waals surface area contributed by atoms with Crippen LogP contribution in [-0.4, -0.2) is 47.0 Å². The third-order valence-corrected chi connectivity index (χ3v) is 5.72. The van der Waals surface area contributed by atoms with Gasteiger partial charge in [-0.3, -0.25) is 4.79 Å². The summed E-state index contributed by atoms with van der Waals surface area (Å²) in [5.74, 6) is 1.53. The first-order valence-corrected chi connectivity index (χ1v) is 9.31. The number of carbonyl (C=O) groups excluding carboxylic acids is 1. The van der Waals surface area contributed by atoms with E-state index < -0.39 is 0 Å². The molecule has 0 saturated carbocycles. The molecule has 24 heavy (non-hydrogen) atoms. The SMILES string of the molecule is CC(C)c1ccc(CC(=O)N2CCN(c3cnc(Cl)cn3)CC2)s1. The van der Waals surface area contributed by atoms with Crippen LogP contribution in [-0.2, 0) is 11.2 Å². The largest absolute Gasteiger partial charge is 0.352 e. The van der Waals surface area contributed by atoms with E-state index in [1.807, 2.05) is 4.90 Å². The summed E-state index contributed by atoms with van der Waals surface area (Å²) in [6, 6.07) is 4.21. The fraction of sp³-hybridized carbons (Fsp3) is 0.471. The third-order valence-electron chi connectivity index (χ3n) is 4.14. The molecule has 0 unspecified atom stereocenters. The third kappa shape index (κ3) is 4.05. The molecule has 0 aromatic carbocycles. The van der Waals surface area contributed by atoms with E-state index in [-0.39, 0.29) is 5.91 Å². The van der Waals surface area contributed by atoms with Gasteiger partial charge in [-0.1, -0.05) is 25.4 Å². The van der Waals surface area contributed by atoms with E-state index in [9.17, 15) is 4.79 Å². The highest BCUT2D eigenvalue weighted by molar-refractivity contribution is 7.12. The summed E-state index contributed by atoms with van der Waals surface area (Å²) < 4.78 is 0. The number of nitrogens with zero attached hydrogens (tertiary/aromatic N) is 4. The van der Waals surface area contributed by atoms with Crippen LogP contribution in [0.3, 0.4) is 0 Å². The lowest BCUT2D eigenvalue weighted by molar-refractivity contribution is -0.130. The van der Waals surface area contributed by atoms with Crippen LogP contribution in [0.1, 0.15) is 29.5 Å². The molecule has 2 aromatic heterocycles. The predicted molar refractivity (Wildman–Crippen MR) is 97.9 cm³/mol. The summed E-state index contributed by atoms with van der Waals surface area (Å²) in [7, 11) is 0. The van der Waals surface area contributed by atoms with Crippen molar-refractivity contribution in [3.63, 3.8) is 0 Å². The molecule has 0 radical (unpaired) electrons. The monoisotopic (exact) mass is 364 g/mol. The van der Waals surface area contributed by atoms with Crippen LogP contribution in [0.2, 0.25) is 5.15 Å². The minimum Gasteiger partial charge on any atom is -0.352 e. The van der Waals surface area contributed by atoms with Crippen LogP contribution < -0.4 is 4.90 Å². The maximum Gasteiger partial charge on any atom is 0.227 e. The molecule has 0 N–H and O–H groups in total. The van der Waals surface area contributed by atoms with Gasteiger partial charge in [0.1, 0.15) is 11.0 Å². The van der Waals surface area contributed by atoms with Crippen LogP contribution in [0.5, 0.6) is 0 Å². The smallest absolute Gasteiger partial charge is 0.227 e. The lowest BCUT2D eigenvalue weighted by Gasteiger charge is -2.35. The number of thiophene rings is 1. The Morgan fingerprint density at radius 2 is 1.96 bits per heavy atom. The van der Waals surface area contributed by atoms with Crippen LogP contribution in [0.25, 0.3) is 0 Å². The van der Waals surface area contributed by atoms with E-state index in [0.29, 0.717) is 30.6 Å². The number of rotatable bonds is 4. The Balaban J connectivity index is 1.53. The summed E-state index contributed by atoms with van der Waals surface area (Å²) in [5.41, 5.74) is 0. The van der Waals surface area contributed by atoms with E-state index in [0.717, 1.165) is 23.8 Å². The molecule has 0 aliphatic carbocycles. The zero-order valence-corrected chi connectivity index (χ0v) is 15.5. The highest BCUT2D eigenvalue weighted by Crippen LogP contribution is 2.25. The Morgan fingerprint density at radius 3 is 2.54 bits per heavy atom. The van der Waals surface area contributed by atoms with Gasteiger partial charge in [-0.2, -0.15) is 0 Å². The maximum atomic E-state index is 12.5. The molecule has 0 atom stereocenters. The molecule has 2 aromatic rings. The van der Waals surface area contributed by atoms with Gasteiger partial charge < -0.3 is 9.80 Å². The second-order valence-corrected chi connectivity index (χ2v) is 7.79. The van der Waals surface area contributed by atoms with Crippen molar-refractivity contribution in [2.45, 2.75) is 26.2 Å². The Labute approximate surface area is 151 Å². The van der Waals surface area contributed by atoms with Gasteiger partial charge in [0.15, 0.2) is 0 Å². The van der Waals surface area contributed by atoms with Crippen molar-refractivity contribution in [2.75, 3.05) is 31.1 Å². The first-order chi connectivity index (χ1) is 11.5. The number of carbonyl (C=O) groups is 1. The molecule has 1 aliphatic heterocycles. The Morgan fingerprint density at radius 1 is 1.21 bits per heavy atom. The molecule has 128 valence electrons. The normalized spacial score (nSPS) is 15.2. The van der Waals surface area contributed by atoms with Crippen molar-refractivity contribution >= 4 is 34.7 Å². The Bertz CT molecular complexity index is 693. The van der Waals surface area contributed by atoms with Gasteiger partial charge in [-0.25, -0.2) is 9.97 Å². The number of piperazine rings is 1. The first-order valence-electron chi connectivity index (χ1n) is 8.12. The fourth-order valence-corrected chi connectivity index (χ4v) is 3.82. The van der Waals surface area contributed by atoms with E-state index >= 15 is 0 Å². The van der Waals surface area contributed by atoms with Gasteiger partial charge in [-0.15, -0.1) is 11.3 Å². The van der Waals surface area contributed by atoms with Crippen LogP contribution >= 0.6 is 22.9 Å². The number of halogens is 1. The average molecular weight is 365 g/mol. The fourth-order valence-electron chi connectivity index (χ4n) is 2.71. The molecule has 0 bridgehead atoms. The summed E-state index contributed by atoms with van der Waals surface area (Å²) in [5, 5.41) is 0.393. The van der Waals surface area contributed by atoms with Gasteiger partial charge in [0.25, 0.3) is 0 Å². The molecular formula is C17H21ClN4OS. The van der Waals surface area contributed by atoms with Crippen molar-refractivity contribution in [3.8, 4) is 0 Å². The van der Waals surface area contributed by atoms with E-state index in [1.165, 1.54) is 4.88 Å². The molecule has 3 rings (SSSR count). The van der Waals surface area contributed by atoms with Crippen molar-refractivity contribution in [3.05, 3.63) is 39.4 Å². The zero-order chi connectivity index (χ0) is 17.1. The molecule has 0 spiro atoms. The minimum absolute atomic E-state index is 0.203. The summed E-state index contributed by atoms with van der Waals surface area (Å²) in [6.45, 7) is 7.32. The van der Waals surface area contributed by atoms with E-state index in [4.69, 9.17) is 11.6 Å². The molecule has 7 heteroatoms. The summed E-state index contributed by atoms with van der Waals surface area (Å²) in [6.07, 6.45) is 3.73. The average Bonchev–Trinajstić information content (AvgIpc) is 3.04. The topological polar surface area (TPSA) is 49.3 Å². The van der Waals surface area contributed by atoms with Crippen LogP contribution in [0, 0.1) is 0 Å². The number of anilines is 1. The number of aromatic nitrogens is 2. The minimum atomic E-state index is 0.203. The van der Waals surface area contributed by atoms with Gasteiger partial charge in [0.2, 0.25) is 5.91 Å². The Kier molecular flexibility index (Phi) is 5.36. The second-order valence-electron chi connectivity index (χ2n) is 6.20. The van der Waals surface area contributed by atoms with Crippen molar-refractivity contribution in [1.82, 2.24) is 14.9 Å². The van der Waals surface area contributed by atoms with Crippen molar-refractivity contribution in [1.29, 1.82) is 0 Å². The number of hydrogen-bond acceptors (Lipinski definition) is 5. The lowest BCUT2D eigenvalue weighted by atomic mass is 10.2. The van der Waals surface area contributed by atoms with Gasteiger partial charge in [0.05, 0.1) is 18.8 Å². The number of hydrogen-bond donors (Lipinski definition) is 0. The molecule has 1 aliphatic rings. The quantitative estimate of drug-likeness (QED) is 0.835. The highest BCUT2D eigenvalue weighted by Gasteiger charge is 2.22. The van der Waals surface area contributed by atoms with Crippen LogP contribution in [0.4, 0.5) is 5.82 Å². The lowest BCUT2D eigenvalue weighted by Crippen LogP contribution is -2.49. The molecular weight excluding hydrogens is 344 g/mol. The number of amides is 1. The highest BCUT2D eigenvalue weighted by atomic mass is 35.5. The van der Waals surface area contributed by atoms with Gasteiger partial charge in [-0.05, 0) is 18.1 Å². The Hall–Kier alpha value is -1.66. The van der Waals surface area contributed by atoms with Crippen LogP contribution in [0.15, 0.2) is 24.5 Å². The molecule has 3 heterocycles. The van der Waals surface area contributed by atoms with Gasteiger partial charge in [0, 0.05) is 35.9 Å². The molecule has 1 fully saturated rings. The summed E-state index contributed by atoms with van der Waals surface area (Å²) in [4.78, 5) is 27.4. The molecule has 1 amide bonds. The van der Waals surface area contributed by atoms with Crippen molar-refractivity contribution in [2.24, 2.45) is 0 Å². The molecule has 1 saturated heterocycles. The zero-order valence-electron chi connectivity index (χ0n) is 13.9. The summed E-state index contributed by atoms with van der Waals surface area (Å²) >= 11 is 7.51. The standard InChI is InChI=1S/C17H21ClN4OS/c1-12(2)14-4-3-13(24-14)9-17(23)22-7-5-21(6-8-22)16-11-19-15(18)10-20-16/h3-4,10-12H,5-9H2,1-2H3. The predicted octanol–water partition coefficient (Wildman–Crippen LogP) is 3.21.